The van der Waals surface area contributed by atoms with Crippen molar-refractivity contribution in [3.8, 4) is 0 Å². The minimum Gasteiger partial charge on any atom is -0.320 e. The monoisotopic (exact) mass is 339 g/mol. The number of carbonyl (C=O) groups excluding carboxylic acids is 1. The Kier molecular flexibility index (Phi) is 4.17. The van der Waals surface area contributed by atoms with Gasteiger partial charge in [0.25, 0.3) is 5.91 Å². The SMILES string of the molecule is Cc1cc(C(=O)Nc2ccc(Br)cc2C)nc(Cl)n1. The van der Waals surface area contributed by atoms with Crippen molar-refractivity contribution >= 4 is 39.1 Å². The topological polar surface area (TPSA) is 54.9 Å². The van der Waals surface area contributed by atoms with Crippen LogP contribution in [0.25, 0.3) is 0 Å². The largest absolute Gasteiger partial charge is 0.320 e. The predicted molar refractivity (Wildman–Crippen MR) is 78.6 cm³/mol. The summed E-state index contributed by atoms with van der Waals surface area (Å²) >= 11 is 9.12. The average molecular weight is 341 g/mol. The highest BCUT2D eigenvalue weighted by atomic mass is 79.9. The molecule has 0 aliphatic rings. The maximum atomic E-state index is 12.1. The van der Waals surface area contributed by atoms with Crippen molar-refractivity contribution in [2.24, 2.45) is 0 Å². The van der Waals surface area contributed by atoms with Crippen molar-refractivity contribution in [2.75, 3.05) is 5.32 Å². The van der Waals surface area contributed by atoms with E-state index in [-0.39, 0.29) is 16.9 Å². The number of aromatic nitrogens is 2. The van der Waals surface area contributed by atoms with Gasteiger partial charge in [0.1, 0.15) is 5.69 Å². The van der Waals surface area contributed by atoms with Gasteiger partial charge in [0, 0.05) is 15.9 Å². The first-order chi connectivity index (χ1) is 8.95. The van der Waals surface area contributed by atoms with Gasteiger partial charge in [0.05, 0.1) is 0 Å². The fourth-order valence-corrected chi connectivity index (χ4v) is 2.30. The number of halogens is 2. The Morgan fingerprint density at radius 2 is 2.00 bits per heavy atom. The Hall–Kier alpha value is -1.46. The predicted octanol–water partition coefficient (Wildman–Crippen LogP) is 3.76. The zero-order chi connectivity index (χ0) is 14.0. The number of anilines is 1. The van der Waals surface area contributed by atoms with Crippen LogP contribution < -0.4 is 5.32 Å². The van der Waals surface area contributed by atoms with Crippen LogP contribution in [0.2, 0.25) is 5.28 Å². The van der Waals surface area contributed by atoms with Crippen molar-refractivity contribution in [1.82, 2.24) is 9.97 Å². The van der Waals surface area contributed by atoms with E-state index in [4.69, 9.17) is 11.6 Å². The van der Waals surface area contributed by atoms with Crippen LogP contribution >= 0.6 is 27.5 Å². The lowest BCUT2D eigenvalue weighted by Crippen LogP contribution is -2.15. The molecule has 1 N–H and O–H groups in total. The van der Waals surface area contributed by atoms with Gasteiger partial charge in [-0.25, -0.2) is 9.97 Å². The van der Waals surface area contributed by atoms with Crippen molar-refractivity contribution in [2.45, 2.75) is 13.8 Å². The molecule has 1 aromatic heterocycles. The van der Waals surface area contributed by atoms with Crippen LogP contribution in [0.5, 0.6) is 0 Å². The highest BCUT2D eigenvalue weighted by Crippen LogP contribution is 2.20. The Balaban J connectivity index is 2.25. The number of benzene rings is 1. The molecule has 0 aliphatic carbocycles. The third-order valence-corrected chi connectivity index (χ3v) is 3.16. The molecule has 98 valence electrons. The number of nitrogens with one attached hydrogen (secondary N) is 1. The lowest BCUT2D eigenvalue weighted by atomic mass is 10.2. The third kappa shape index (κ3) is 3.52. The number of rotatable bonds is 2. The van der Waals surface area contributed by atoms with Crippen molar-refractivity contribution in [3.05, 3.63) is 51.0 Å². The molecule has 0 spiro atoms. The third-order valence-electron chi connectivity index (χ3n) is 2.50. The maximum absolute atomic E-state index is 12.1. The fraction of sp³-hybridized carbons (Fsp3) is 0.154. The van der Waals surface area contributed by atoms with Crippen LogP contribution in [0.3, 0.4) is 0 Å². The molecular weight excluding hydrogens is 330 g/mol. The molecular formula is C13H11BrClN3O. The maximum Gasteiger partial charge on any atom is 0.274 e. The molecule has 1 heterocycles. The molecule has 0 unspecified atom stereocenters. The first kappa shape index (κ1) is 14.0. The van der Waals surface area contributed by atoms with Gasteiger partial charge in [0.15, 0.2) is 0 Å². The molecule has 0 saturated heterocycles. The first-order valence-electron chi connectivity index (χ1n) is 5.54. The van der Waals surface area contributed by atoms with Crippen molar-refractivity contribution in [1.29, 1.82) is 0 Å². The highest BCUT2D eigenvalue weighted by molar-refractivity contribution is 9.10. The Bertz CT molecular complexity index is 626. The van der Waals surface area contributed by atoms with Crippen LogP contribution in [0.4, 0.5) is 5.69 Å². The summed E-state index contributed by atoms with van der Waals surface area (Å²) in [7, 11) is 0. The summed E-state index contributed by atoms with van der Waals surface area (Å²) in [6.07, 6.45) is 0. The molecule has 6 heteroatoms. The van der Waals surface area contributed by atoms with Crippen molar-refractivity contribution < 1.29 is 4.79 Å². The molecule has 2 aromatic rings. The quantitative estimate of drug-likeness (QED) is 0.847. The fourth-order valence-electron chi connectivity index (χ4n) is 1.60. The summed E-state index contributed by atoms with van der Waals surface area (Å²) in [5.74, 6) is -0.308. The molecule has 1 aromatic carbocycles. The van der Waals surface area contributed by atoms with Gasteiger partial charge < -0.3 is 5.32 Å². The second-order valence-corrected chi connectivity index (χ2v) is 5.33. The molecule has 0 aliphatic heterocycles. The molecule has 0 fully saturated rings. The number of hydrogen-bond donors (Lipinski definition) is 1. The minimum atomic E-state index is -0.308. The van der Waals surface area contributed by atoms with E-state index in [0.717, 1.165) is 15.7 Å². The van der Waals surface area contributed by atoms with E-state index < -0.39 is 0 Å². The lowest BCUT2D eigenvalue weighted by Gasteiger charge is -2.08. The summed E-state index contributed by atoms with van der Waals surface area (Å²) in [6, 6.07) is 7.21. The van der Waals surface area contributed by atoms with E-state index >= 15 is 0 Å². The molecule has 4 nitrogen and oxygen atoms in total. The van der Waals surface area contributed by atoms with E-state index in [0.29, 0.717) is 5.69 Å². The molecule has 1 amide bonds. The second-order valence-electron chi connectivity index (χ2n) is 4.08. The normalized spacial score (nSPS) is 10.3. The lowest BCUT2D eigenvalue weighted by molar-refractivity contribution is 0.102. The summed E-state index contributed by atoms with van der Waals surface area (Å²) in [5, 5.41) is 2.87. The number of nitrogens with zero attached hydrogens (tertiary/aromatic N) is 2. The summed E-state index contributed by atoms with van der Waals surface area (Å²) in [6.45, 7) is 3.67. The highest BCUT2D eigenvalue weighted by Gasteiger charge is 2.11. The molecule has 19 heavy (non-hydrogen) atoms. The van der Waals surface area contributed by atoms with E-state index in [1.807, 2.05) is 25.1 Å². The summed E-state index contributed by atoms with van der Waals surface area (Å²) < 4.78 is 0.962. The zero-order valence-electron chi connectivity index (χ0n) is 10.4. The number of amides is 1. The molecule has 0 saturated carbocycles. The second kappa shape index (κ2) is 5.67. The molecule has 0 atom stereocenters. The van der Waals surface area contributed by atoms with Gasteiger partial charge in [-0.3, -0.25) is 4.79 Å². The standard InChI is InChI=1S/C13H11BrClN3O/c1-7-5-9(14)3-4-10(7)17-12(19)11-6-8(2)16-13(15)18-11/h3-6H,1-2H3,(H,17,19). The number of carbonyl (C=O) groups is 1. The van der Waals surface area contributed by atoms with Crippen LogP contribution in [0, 0.1) is 13.8 Å². The van der Waals surface area contributed by atoms with Gasteiger partial charge in [-0.15, -0.1) is 0 Å². The number of hydrogen-bond acceptors (Lipinski definition) is 3. The zero-order valence-corrected chi connectivity index (χ0v) is 12.7. The molecule has 0 radical (unpaired) electrons. The molecule has 0 bridgehead atoms. The van der Waals surface area contributed by atoms with Crippen molar-refractivity contribution in [3.63, 3.8) is 0 Å². The van der Waals surface area contributed by atoms with Gasteiger partial charge in [-0.2, -0.15) is 0 Å². The van der Waals surface area contributed by atoms with Crippen LogP contribution in [0.15, 0.2) is 28.7 Å². The van der Waals surface area contributed by atoms with E-state index in [1.165, 1.54) is 0 Å². The van der Waals surface area contributed by atoms with Gasteiger partial charge in [-0.1, -0.05) is 15.9 Å². The first-order valence-corrected chi connectivity index (χ1v) is 6.71. The van der Waals surface area contributed by atoms with E-state index in [1.54, 1.807) is 13.0 Å². The van der Waals surface area contributed by atoms with Gasteiger partial charge >= 0.3 is 0 Å². The Morgan fingerprint density at radius 3 is 2.63 bits per heavy atom. The van der Waals surface area contributed by atoms with E-state index in [2.05, 4.69) is 31.2 Å². The number of aryl methyl sites for hydroxylation is 2. The smallest absolute Gasteiger partial charge is 0.274 e. The Morgan fingerprint density at radius 1 is 1.26 bits per heavy atom. The summed E-state index contributed by atoms with van der Waals surface area (Å²) in [4.78, 5) is 19.9. The van der Waals surface area contributed by atoms with Crippen LogP contribution in [0.1, 0.15) is 21.7 Å². The van der Waals surface area contributed by atoms with Crippen LogP contribution in [-0.2, 0) is 0 Å². The van der Waals surface area contributed by atoms with Gasteiger partial charge in [-0.05, 0) is 55.3 Å². The Labute approximate surface area is 124 Å². The van der Waals surface area contributed by atoms with Gasteiger partial charge in [0.2, 0.25) is 5.28 Å². The van der Waals surface area contributed by atoms with E-state index in [9.17, 15) is 4.79 Å². The molecule has 2 rings (SSSR count). The van der Waals surface area contributed by atoms with Crippen LogP contribution in [-0.4, -0.2) is 15.9 Å². The minimum absolute atomic E-state index is 0.0673. The summed E-state index contributed by atoms with van der Waals surface area (Å²) in [5.41, 5.74) is 2.60. The average Bonchev–Trinajstić information content (AvgIpc) is 2.31.